The van der Waals surface area contributed by atoms with Gasteiger partial charge in [0.15, 0.2) is 0 Å². The van der Waals surface area contributed by atoms with Crippen LogP contribution in [0.4, 0.5) is 4.79 Å². The number of alkyl carbamates (subject to hydrolysis) is 1. The third-order valence-corrected chi connectivity index (χ3v) is 3.12. The number of nitrogens with one attached hydrogen (secondary N) is 1. The van der Waals surface area contributed by atoms with E-state index < -0.39 is 11.7 Å². The fourth-order valence-electron chi connectivity index (χ4n) is 2.04. The molecular formula is C16H23NO4. The zero-order valence-electron chi connectivity index (χ0n) is 13.0. The molecular weight excluding hydrogens is 270 g/mol. The smallest absolute Gasteiger partial charge is 0.407 e. The first kappa shape index (κ1) is 15.6. The summed E-state index contributed by atoms with van der Waals surface area (Å²) in [5.74, 6) is 0.818. The number of benzene rings is 1. The summed E-state index contributed by atoms with van der Waals surface area (Å²) in [4.78, 5) is 11.9. The van der Waals surface area contributed by atoms with E-state index in [9.17, 15) is 4.79 Å². The number of amides is 1. The number of hydrogen-bond donors (Lipinski definition) is 1. The van der Waals surface area contributed by atoms with Gasteiger partial charge in [0.2, 0.25) is 0 Å². The molecule has 5 nitrogen and oxygen atoms in total. The van der Waals surface area contributed by atoms with Crippen LogP contribution in [0.5, 0.6) is 5.75 Å². The van der Waals surface area contributed by atoms with Crippen LogP contribution >= 0.6 is 0 Å². The number of ether oxygens (including phenoxy) is 3. The van der Waals surface area contributed by atoms with Gasteiger partial charge in [-0.05, 0) is 44.9 Å². The largest absolute Gasteiger partial charge is 0.497 e. The molecule has 2 atom stereocenters. The molecule has 1 aliphatic rings. The van der Waals surface area contributed by atoms with Crippen molar-refractivity contribution in [2.24, 2.45) is 0 Å². The molecule has 1 N–H and O–H groups in total. The van der Waals surface area contributed by atoms with Crippen molar-refractivity contribution in [1.82, 2.24) is 5.32 Å². The number of rotatable bonds is 5. The van der Waals surface area contributed by atoms with Gasteiger partial charge in [0.1, 0.15) is 17.5 Å². The van der Waals surface area contributed by atoms with Crippen LogP contribution in [0.25, 0.3) is 0 Å². The number of carbonyl (C=O) groups is 1. The van der Waals surface area contributed by atoms with E-state index in [0.717, 1.165) is 11.3 Å². The fraction of sp³-hybridized carbons (Fsp3) is 0.562. The van der Waals surface area contributed by atoms with E-state index >= 15 is 0 Å². The van der Waals surface area contributed by atoms with Gasteiger partial charge >= 0.3 is 6.09 Å². The highest BCUT2D eigenvalue weighted by Crippen LogP contribution is 2.20. The Morgan fingerprint density at radius 2 is 2.00 bits per heavy atom. The van der Waals surface area contributed by atoms with Gasteiger partial charge in [-0.15, -0.1) is 0 Å². The molecule has 0 radical (unpaired) electrons. The van der Waals surface area contributed by atoms with Crippen LogP contribution in [0.1, 0.15) is 26.3 Å². The minimum atomic E-state index is -0.501. The first-order valence-corrected chi connectivity index (χ1v) is 7.11. The molecule has 0 spiro atoms. The lowest BCUT2D eigenvalue weighted by molar-refractivity contribution is 0.0495. The normalized spacial score (nSPS) is 18.8. The lowest BCUT2D eigenvalue weighted by Gasteiger charge is -2.23. The summed E-state index contributed by atoms with van der Waals surface area (Å²) in [6.07, 6.45) is 0.365. The first-order chi connectivity index (χ1) is 9.87. The van der Waals surface area contributed by atoms with Gasteiger partial charge in [-0.1, -0.05) is 12.1 Å². The Labute approximate surface area is 125 Å². The van der Waals surface area contributed by atoms with Crippen molar-refractivity contribution in [3.63, 3.8) is 0 Å². The summed E-state index contributed by atoms with van der Waals surface area (Å²) >= 11 is 0. The lowest BCUT2D eigenvalue weighted by Crippen LogP contribution is -2.43. The number of hydrogen-bond acceptors (Lipinski definition) is 4. The van der Waals surface area contributed by atoms with Gasteiger partial charge in [0.25, 0.3) is 0 Å². The third kappa shape index (κ3) is 5.27. The molecule has 1 heterocycles. The van der Waals surface area contributed by atoms with Crippen molar-refractivity contribution in [1.29, 1.82) is 0 Å². The molecule has 0 unspecified atom stereocenters. The van der Waals surface area contributed by atoms with Crippen molar-refractivity contribution < 1.29 is 19.0 Å². The molecule has 0 aliphatic carbocycles. The predicted molar refractivity (Wildman–Crippen MR) is 79.6 cm³/mol. The van der Waals surface area contributed by atoms with Gasteiger partial charge in [0.05, 0.1) is 19.8 Å². The maximum atomic E-state index is 11.9. The number of methoxy groups -OCH3 is 1. The summed E-state index contributed by atoms with van der Waals surface area (Å²) in [7, 11) is 1.64. The second-order valence-corrected chi connectivity index (χ2v) is 6.18. The average molecular weight is 293 g/mol. The summed E-state index contributed by atoms with van der Waals surface area (Å²) in [6.45, 7) is 6.21. The van der Waals surface area contributed by atoms with Crippen LogP contribution in [0, 0.1) is 0 Å². The maximum Gasteiger partial charge on any atom is 0.407 e. The second kappa shape index (κ2) is 6.35. The Balaban J connectivity index is 1.94. The van der Waals surface area contributed by atoms with Crippen molar-refractivity contribution in [2.75, 3.05) is 13.7 Å². The molecule has 5 heteroatoms. The SMILES string of the molecule is COc1ccc(C[C@H](NC(=O)OC(C)(C)C)[C@H]2CO2)cc1. The molecule has 1 amide bonds. The Kier molecular flexibility index (Phi) is 4.73. The van der Waals surface area contributed by atoms with Crippen molar-refractivity contribution in [3.05, 3.63) is 29.8 Å². The summed E-state index contributed by atoms with van der Waals surface area (Å²) in [5.41, 5.74) is 0.617. The van der Waals surface area contributed by atoms with Crippen LogP contribution in [-0.4, -0.2) is 37.6 Å². The molecule has 0 saturated carbocycles. The van der Waals surface area contributed by atoms with E-state index in [1.807, 2.05) is 45.0 Å². The highest BCUT2D eigenvalue weighted by Gasteiger charge is 2.34. The topological polar surface area (TPSA) is 60.1 Å². The average Bonchev–Trinajstić information content (AvgIpc) is 3.21. The third-order valence-electron chi connectivity index (χ3n) is 3.12. The molecule has 1 aromatic rings. The highest BCUT2D eigenvalue weighted by atomic mass is 16.6. The quantitative estimate of drug-likeness (QED) is 0.848. The summed E-state index contributed by atoms with van der Waals surface area (Å²) in [6, 6.07) is 7.73. The zero-order valence-corrected chi connectivity index (χ0v) is 13.0. The Morgan fingerprint density at radius 3 is 2.48 bits per heavy atom. The molecule has 1 fully saturated rings. The van der Waals surface area contributed by atoms with E-state index in [2.05, 4.69) is 5.32 Å². The second-order valence-electron chi connectivity index (χ2n) is 6.18. The van der Waals surface area contributed by atoms with E-state index in [0.29, 0.717) is 13.0 Å². The Bertz CT molecular complexity index is 474. The van der Waals surface area contributed by atoms with E-state index in [-0.39, 0.29) is 12.1 Å². The fourth-order valence-corrected chi connectivity index (χ4v) is 2.04. The van der Waals surface area contributed by atoms with Crippen LogP contribution in [-0.2, 0) is 15.9 Å². The van der Waals surface area contributed by atoms with Gasteiger partial charge < -0.3 is 19.5 Å². The Hall–Kier alpha value is -1.75. The molecule has 116 valence electrons. The van der Waals surface area contributed by atoms with Crippen LogP contribution in [0.3, 0.4) is 0 Å². The maximum absolute atomic E-state index is 11.9. The molecule has 21 heavy (non-hydrogen) atoms. The molecule has 1 saturated heterocycles. The molecule has 2 rings (SSSR count). The summed E-state index contributed by atoms with van der Waals surface area (Å²) < 4.78 is 15.8. The monoisotopic (exact) mass is 293 g/mol. The minimum Gasteiger partial charge on any atom is -0.497 e. The van der Waals surface area contributed by atoms with Gasteiger partial charge in [0, 0.05) is 0 Å². The number of carbonyl (C=O) groups excluding carboxylic acids is 1. The van der Waals surface area contributed by atoms with Crippen LogP contribution in [0.15, 0.2) is 24.3 Å². The van der Waals surface area contributed by atoms with Gasteiger partial charge in [-0.2, -0.15) is 0 Å². The van der Waals surface area contributed by atoms with E-state index in [1.165, 1.54) is 0 Å². The zero-order chi connectivity index (χ0) is 15.5. The van der Waals surface area contributed by atoms with Crippen LogP contribution in [0.2, 0.25) is 0 Å². The van der Waals surface area contributed by atoms with E-state index in [1.54, 1.807) is 7.11 Å². The standard InChI is InChI=1S/C16H23NO4/c1-16(2,3)21-15(18)17-13(14-10-20-14)9-11-5-7-12(19-4)8-6-11/h5-8,13-14H,9-10H2,1-4H3,(H,17,18)/t13-,14+/m0/s1. The van der Waals surface area contributed by atoms with Crippen molar-refractivity contribution in [2.45, 2.75) is 44.9 Å². The molecule has 0 aromatic heterocycles. The van der Waals surface area contributed by atoms with Gasteiger partial charge in [-0.3, -0.25) is 0 Å². The first-order valence-electron chi connectivity index (χ1n) is 7.11. The van der Waals surface area contributed by atoms with Gasteiger partial charge in [-0.25, -0.2) is 4.79 Å². The number of epoxide rings is 1. The van der Waals surface area contributed by atoms with Crippen molar-refractivity contribution in [3.8, 4) is 5.75 Å². The Morgan fingerprint density at radius 1 is 1.38 bits per heavy atom. The molecule has 1 aromatic carbocycles. The minimum absolute atomic E-state index is 0.0691. The molecule has 1 aliphatic heterocycles. The van der Waals surface area contributed by atoms with E-state index in [4.69, 9.17) is 14.2 Å². The van der Waals surface area contributed by atoms with Crippen molar-refractivity contribution >= 4 is 6.09 Å². The lowest BCUT2D eigenvalue weighted by atomic mass is 10.0. The summed E-state index contributed by atoms with van der Waals surface area (Å²) in [5, 5.41) is 2.90. The molecule has 0 bridgehead atoms. The van der Waals surface area contributed by atoms with Crippen LogP contribution < -0.4 is 10.1 Å². The predicted octanol–water partition coefficient (Wildman–Crippen LogP) is 2.53. The highest BCUT2D eigenvalue weighted by molar-refractivity contribution is 5.68.